The number of likely N-dealkylation sites (tertiary alicyclic amines) is 1. The zero-order chi connectivity index (χ0) is 17.1. The monoisotopic (exact) mass is 340 g/mol. The van der Waals surface area contributed by atoms with Crippen LogP contribution >= 0.6 is 0 Å². The molecule has 0 spiro atoms. The number of hydrogen-bond acceptors (Lipinski definition) is 4. The SMILES string of the molecule is O=C(NCc1nnc2n1CCCCC2)N1CCCC1c1ccncc1. The van der Waals surface area contributed by atoms with E-state index in [4.69, 9.17) is 0 Å². The van der Waals surface area contributed by atoms with Gasteiger partial charge in [-0.05, 0) is 43.4 Å². The van der Waals surface area contributed by atoms with Crippen LogP contribution < -0.4 is 5.32 Å². The van der Waals surface area contributed by atoms with E-state index in [0.29, 0.717) is 6.54 Å². The molecular weight excluding hydrogens is 316 g/mol. The van der Waals surface area contributed by atoms with E-state index in [1.165, 1.54) is 12.8 Å². The average Bonchev–Trinajstić information content (AvgIpc) is 3.22. The normalized spacial score (nSPS) is 20.2. The van der Waals surface area contributed by atoms with Crippen molar-refractivity contribution in [3.8, 4) is 0 Å². The zero-order valence-electron chi connectivity index (χ0n) is 14.4. The molecule has 0 aliphatic carbocycles. The number of aryl methyl sites for hydroxylation is 1. The number of carbonyl (C=O) groups excluding carboxylic acids is 1. The first-order chi connectivity index (χ1) is 12.3. The Kier molecular flexibility index (Phi) is 4.63. The summed E-state index contributed by atoms with van der Waals surface area (Å²) in [5.74, 6) is 1.92. The molecule has 0 bridgehead atoms. The van der Waals surface area contributed by atoms with Crippen molar-refractivity contribution >= 4 is 6.03 Å². The third-order valence-corrected chi connectivity index (χ3v) is 5.19. The van der Waals surface area contributed by atoms with E-state index >= 15 is 0 Å². The minimum Gasteiger partial charge on any atom is -0.331 e. The second-order valence-electron chi connectivity index (χ2n) is 6.79. The summed E-state index contributed by atoms with van der Waals surface area (Å²) in [5.41, 5.74) is 1.15. The Hall–Kier alpha value is -2.44. The van der Waals surface area contributed by atoms with E-state index in [1.54, 1.807) is 12.4 Å². The summed E-state index contributed by atoms with van der Waals surface area (Å²) in [6, 6.07) is 4.10. The Morgan fingerprint density at radius 1 is 1.12 bits per heavy atom. The van der Waals surface area contributed by atoms with Gasteiger partial charge in [-0.2, -0.15) is 0 Å². The van der Waals surface area contributed by atoms with Crippen LogP contribution in [0.15, 0.2) is 24.5 Å². The molecule has 2 amide bonds. The fourth-order valence-electron chi connectivity index (χ4n) is 3.87. The summed E-state index contributed by atoms with van der Waals surface area (Å²) in [6.07, 6.45) is 10.1. The van der Waals surface area contributed by atoms with Crippen LogP contribution in [0.25, 0.3) is 0 Å². The van der Waals surface area contributed by atoms with Gasteiger partial charge in [0.25, 0.3) is 0 Å². The molecule has 132 valence electrons. The van der Waals surface area contributed by atoms with E-state index in [0.717, 1.165) is 56.0 Å². The van der Waals surface area contributed by atoms with Gasteiger partial charge in [-0.1, -0.05) is 6.42 Å². The van der Waals surface area contributed by atoms with Gasteiger partial charge in [0.15, 0.2) is 5.82 Å². The fraction of sp³-hybridized carbons (Fsp3) is 0.556. The van der Waals surface area contributed by atoms with Crippen LogP contribution in [0.1, 0.15) is 55.4 Å². The molecule has 4 rings (SSSR count). The number of rotatable bonds is 3. The number of fused-ring (bicyclic) bond motifs is 1. The maximum absolute atomic E-state index is 12.7. The van der Waals surface area contributed by atoms with Gasteiger partial charge in [-0.15, -0.1) is 10.2 Å². The van der Waals surface area contributed by atoms with E-state index in [9.17, 15) is 4.79 Å². The van der Waals surface area contributed by atoms with Crippen LogP contribution in [0.3, 0.4) is 0 Å². The van der Waals surface area contributed by atoms with Crippen molar-refractivity contribution in [3.63, 3.8) is 0 Å². The third-order valence-electron chi connectivity index (χ3n) is 5.19. The van der Waals surface area contributed by atoms with E-state index in [-0.39, 0.29) is 12.1 Å². The number of nitrogens with zero attached hydrogens (tertiary/aromatic N) is 5. The van der Waals surface area contributed by atoms with Crippen LogP contribution in [0.2, 0.25) is 0 Å². The smallest absolute Gasteiger partial charge is 0.318 e. The van der Waals surface area contributed by atoms with Crippen molar-refractivity contribution in [2.45, 2.75) is 57.7 Å². The fourth-order valence-corrected chi connectivity index (χ4v) is 3.87. The highest BCUT2D eigenvalue weighted by atomic mass is 16.2. The van der Waals surface area contributed by atoms with Gasteiger partial charge in [-0.25, -0.2) is 4.79 Å². The number of amides is 2. The Balaban J connectivity index is 1.41. The molecule has 1 unspecified atom stereocenters. The molecule has 0 saturated carbocycles. The minimum atomic E-state index is -0.0229. The van der Waals surface area contributed by atoms with Crippen molar-refractivity contribution < 1.29 is 4.79 Å². The predicted octanol–water partition coefficient (Wildman–Crippen LogP) is 2.45. The van der Waals surface area contributed by atoms with Crippen molar-refractivity contribution in [3.05, 3.63) is 41.7 Å². The van der Waals surface area contributed by atoms with Crippen molar-refractivity contribution in [1.29, 1.82) is 0 Å². The molecule has 0 aromatic carbocycles. The molecule has 2 aliphatic heterocycles. The molecule has 0 radical (unpaired) electrons. The molecule has 2 aromatic heterocycles. The largest absolute Gasteiger partial charge is 0.331 e. The lowest BCUT2D eigenvalue weighted by Gasteiger charge is -2.25. The molecule has 7 heteroatoms. The van der Waals surface area contributed by atoms with Crippen LogP contribution in [0, 0.1) is 0 Å². The van der Waals surface area contributed by atoms with Crippen molar-refractivity contribution in [1.82, 2.24) is 30.0 Å². The molecule has 7 nitrogen and oxygen atoms in total. The van der Waals surface area contributed by atoms with Crippen LogP contribution in [0.5, 0.6) is 0 Å². The first-order valence-corrected chi connectivity index (χ1v) is 9.18. The molecule has 1 N–H and O–H groups in total. The summed E-state index contributed by atoms with van der Waals surface area (Å²) in [7, 11) is 0. The van der Waals surface area contributed by atoms with E-state index in [1.807, 2.05) is 17.0 Å². The van der Waals surface area contributed by atoms with Gasteiger partial charge >= 0.3 is 6.03 Å². The Morgan fingerprint density at radius 3 is 2.88 bits per heavy atom. The van der Waals surface area contributed by atoms with Crippen molar-refractivity contribution in [2.75, 3.05) is 6.54 Å². The summed E-state index contributed by atoms with van der Waals surface area (Å²) >= 11 is 0. The molecule has 1 atom stereocenters. The molecule has 1 fully saturated rings. The van der Waals surface area contributed by atoms with Gasteiger partial charge in [0, 0.05) is 31.9 Å². The second-order valence-corrected chi connectivity index (χ2v) is 6.79. The lowest BCUT2D eigenvalue weighted by molar-refractivity contribution is 0.192. The summed E-state index contributed by atoms with van der Waals surface area (Å²) < 4.78 is 2.18. The standard InChI is InChI=1S/C18H24N6O/c25-18(23-12-4-5-15(23)14-7-9-19-10-8-14)20-13-17-22-21-16-6-2-1-3-11-24(16)17/h7-10,15H,1-6,11-13H2,(H,20,25). The van der Waals surface area contributed by atoms with E-state index in [2.05, 4.69) is 25.1 Å². The van der Waals surface area contributed by atoms with E-state index < -0.39 is 0 Å². The van der Waals surface area contributed by atoms with Crippen molar-refractivity contribution in [2.24, 2.45) is 0 Å². The van der Waals surface area contributed by atoms with Crippen LogP contribution in [0.4, 0.5) is 4.79 Å². The summed E-state index contributed by atoms with van der Waals surface area (Å²) in [5, 5.41) is 11.6. The Morgan fingerprint density at radius 2 is 2.00 bits per heavy atom. The average molecular weight is 340 g/mol. The highest BCUT2D eigenvalue weighted by Gasteiger charge is 2.30. The van der Waals surface area contributed by atoms with Crippen LogP contribution in [-0.4, -0.2) is 37.2 Å². The topological polar surface area (TPSA) is 75.9 Å². The van der Waals surface area contributed by atoms with Gasteiger partial charge in [0.2, 0.25) is 0 Å². The van der Waals surface area contributed by atoms with Crippen LogP contribution in [-0.2, 0) is 19.5 Å². The maximum atomic E-state index is 12.7. The predicted molar refractivity (Wildman–Crippen MR) is 92.7 cm³/mol. The molecule has 4 heterocycles. The molecule has 25 heavy (non-hydrogen) atoms. The summed E-state index contributed by atoms with van der Waals surface area (Å²) in [4.78, 5) is 18.7. The number of carbonyl (C=O) groups is 1. The molecule has 1 saturated heterocycles. The number of nitrogens with one attached hydrogen (secondary N) is 1. The minimum absolute atomic E-state index is 0.0229. The van der Waals surface area contributed by atoms with Gasteiger partial charge in [0.05, 0.1) is 12.6 Å². The second kappa shape index (κ2) is 7.21. The number of hydrogen-bond donors (Lipinski definition) is 1. The molecule has 2 aromatic rings. The van der Waals surface area contributed by atoms with Gasteiger partial charge < -0.3 is 14.8 Å². The number of aromatic nitrogens is 4. The van der Waals surface area contributed by atoms with Gasteiger partial charge in [-0.3, -0.25) is 4.98 Å². The van der Waals surface area contributed by atoms with Gasteiger partial charge in [0.1, 0.15) is 5.82 Å². The Bertz CT molecular complexity index is 728. The quantitative estimate of drug-likeness (QED) is 0.931. The summed E-state index contributed by atoms with van der Waals surface area (Å²) in [6.45, 7) is 2.18. The Labute approximate surface area is 147 Å². The lowest BCUT2D eigenvalue weighted by atomic mass is 10.1. The first kappa shape index (κ1) is 16.1. The number of urea groups is 1. The highest BCUT2D eigenvalue weighted by molar-refractivity contribution is 5.75. The third kappa shape index (κ3) is 3.36. The highest BCUT2D eigenvalue weighted by Crippen LogP contribution is 2.31. The lowest BCUT2D eigenvalue weighted by Crippen LogP contribution is -2.39. The number of pyridine rings is 1. The molecular formula is C18H24N6O. The first-order valence-electron chi connectivity index (χ1n) is 9.18. The molecule has 2 aliphatic rings. The zero-order valence-corrected chi connectivity index (χ0v) is 14.4. The maximum Gasteiger partial charge on any atom is 0.318 e.